The zero-order chi connectivity index (χ0) is 21.1. The molecule has 0 spiro atoms. The molecule has 2 aliphatic rings. The number of rotatable bonds is 12. The molecule has 2 nitrogen and oxygen atoms in total. The minimum Gasteiger partial charge on any atom is -0.375 e. The predicted molar refractivity (Wildman–Crippen MR) is 113 cm³/mol. The van der Waals surface area contributed by atoms with E-state index >= 15 is 0 Å². The Hall–Kier alpha value is -0.550. The molecule has 1 atom stereocenters. The van der Waals surface area contributed by atoms with Crippen molar-refractivity contribution in [1.29, 1.82) is 0 Å². The van der Waals surface area contributed by atoms with Crippen LogP contribution in [0.3, 0.4) is 0 Å². The van der Waals surface area contributed by atoms with Crippen molar-refractivity contribution < 1.29 is 18.3 Å². The summed E-state index contributed by atoms with van der Waals surface area (Å²) in [5, 5.41) is 12.6. The molecule has 0 heterocycles. The average Bonchev–Trinajstić information content (AvgIpc) is 2.70. The monoisotopic (exact) mass is 417 g/mol. The molecular weight excluding hydrogens is 375 g/mol. The van der Waals surface area contributed by atoms with Crippen molar-refractivity contribution in [1.82, 2.24) is 5.32 Å². The van der Waals surface area contributed by atoms with Crippen LogP contribution in [0.1, 0.15) is 96.3 Å². The predicted octanol–water partition coefficient (Wildman–Crippen LogP) is 6.99. The van der Waals surface area contributed by atoms with Gasteiger partial charge in [-0.15, -0.1) is 0 Å². The molecular formula is C24H42F3NO. The third-order valence-electron chi connectivity index (χ3n) is 7.40. The van der Waals surface area contributed by atoms with Crippen LogP contribution in [-0.2, 0) is 0 Å². The first kappa shape index (κ1) is 24.7. The standard InChI is InChI=1S/C24H42F3NO/c1-2-23(29)28-18-16-20-10-14-22(15-11-20)21-12-8-19(9-13-21)7-5-3-4-6-17-24(25,26)27/h2,19-23,28-29H,1,3-18H2. The van der Waals surface area contributed by atoms with E-state index in [2.05, 4.69) is 11.9 Å². The molecule has 2 aliphatic carbocycles. The fourth-order valence-corrected chi connectivity index (χ4v) is 5.53. The number of hydrogen-bond acceptors (Lipinski definition) is 2. The summed E-state index contributed by atoms with van der Waals surface area (Å²) in [5.41, 5.74) is 0. The molecule has 0 aromatic rings. The van der Waals surface area contributed by atoms with E-state index in [9.17, 15) is 18.3 Å². The highest BCUT2D eigenvalue weighted by Crippen LogP contribution is 2.42. The van der Waals surface area contributed by atoms with Crippen molar-refractivity contribution >= 4 is 0 Å². The van der Waals surface area contributed by atoms with E-state index < -0.39 is 18.8 Å². The third kappa shape index (κ3) is 10.3. The molecule has 0 aromatic carbocycles. The minimum absolute atomic E-state index is 0.295. The Morgan fingerprint density at radius 1 is 0.828 bits per heavy atom. The maximum absolute atomic E-state index is 12.1. The first-order chi connectivity index (χ1) is 13.9. The lowest BCUT2D eigenvalue weighted by Crippen LogP contribution is -2.30. The number of halogens is 3. The Balaban J connectivity index is 1.50. The van der Waals surface area contributed by atoms with Gasteiger partial charge in [0.05, 0.1) is 0 Å². The lowest BCUT2D eigenvalue weighted by Gasteiger charge is -2.38. The minimum atomic E-state index is -3.98. The lowest BCUT2D eigenvalue weighted by atomic mass is 9.68. The first-order valence-corrected chi connectivity index (χ1v) is 12.0. The van der Waals surface area contributed by atoms with Gasteiger partial charge in [0, 0.05) is 6.42 Å². The fraction of sp³-hybridized carbons (Fsp3) is 0.917. The SMILES string of the molecule is C=CC(O)NCCC1CCC(C2CCC(CCCCCCC(F)(F)F)CC2)CC1. The van der Waals surface area contributed by atoms with E-state index in [-0.39, 0.29) is 0 Å². The highest BCUT2D eigenvalue weighted by atomic mass is 19.4. The van der Waals surface area contributed by atoms with Gasteiger partial charge in [-0.25, -0.2) is 0 Å². The Morgan fingerprint density at radius 3 is 1.86 bits per heavy atom. The zero-order valence-electron chi connectivity index (χ0n) is 18.1. The second kappa shape index (κ2) is 13.0. The van der Waals surface area contributed by atoms with E-state index in [0.29, 0.717) is 6.42 Å². The average molecular weight is 418 g/mol. The molecule has 2 fully saturated rings. The van der Waals surface area contributed by atoms with Gasteiger partial charge in [-0.05, 0) is 74.8 Å². The third-order valence-corrected chi connectivity index (χ3v) is 7.40. The van der Waals surface area contributed by atoms with E-state index in [1.165, 1.54) is 63.9 Å². The largest absolute Gasteiger partial charge is 0.389 e. The number of aliphatic hydroxyl groups is 1. The van der Waals surface area contributed by atoms with Crippen molar-refractivity contribution in [3.63, 3.8) is 0 Å². The molecule has 29 heavy (non-hydrogen) atoms. The van der Waals surface area contributed by atoms with Crippen molar-refractivity contribution in [3.8, 4) is 0 Å². The number of unbranched alkanes of at least 4 members (excludes halogenated alkanes) is 3. The maximum Gasteiger partial charge on any atom is 0.389 e. The second-order valence-electron chi connectivity index (χ2n) is 9.55. The van der Waals surface area contributed by atoms with Crippen LogP contribution in [0.5, 0.6) is 0 Å². The molecule has 0 saturated heterocycles. The summed E-state index contributed by atoms with van der Waals surface area (Å²) in [6.45, 7) is 4.44. The van der Waals surface area contributed by atoms with Gasteiger partial charge in [0.25, 0.3) is 0 Å². The summed E-state index contributed by atoms with van der Waals surface area (Å²) in [5.74, 6) is 3.41. The Morgan fingerprint density at radius 2 is 1.34 bits per heavy atom. The molecule has 0 radical (unpaired) electrons. The summed E-state index contributed by atoms with van der Waals surface area (Å²) < 4.78 is 36.4. The van der Waals surface area contributed by atoms with E-state index in [1.54, 1.807) is 0 Å². The van der Waals surface area contributed by atoms with Crippen LogP contribution >= 0.6 is 0 Å². The van der Waals surface area contributed by atoms with Gasteiger partial charge in [0.1, 0.15) is 6.23 Å². The lowest BCUT2D eigenvalue weighted by molar-refractivity contribution is -0.135. The first-order valence-electron chi connectivity index (χ1n) is 12.0. The Bertz CT molecular complexity index is 438. The van der Waals surface area contributed by atoms with Crippen molar-refractivity contribution in [2.45, 2.75) is 109 Å². The molecule has 170 valence electrons. The fourth-order valence-electron chi connectivity index (χ4n) is 5.53. The molecule has 0 aromatic heterocycles. The van der Waals surface area contributed by atoms with Gasteiger partial charge < -0.3 is 5.11 Å². The number of hydrogen-bond donors (Lipinski definition) is 2. The van der Waals surface area contributed by atoms with Crippen LogP contribution in [0.25, 0.3) is 0 Å². The van der Waals surface area contributed by atoms with Crippen LogP contribution < -0.4 is 5.32 Å². The van der Waals surface area contributed by atoms with Gasteiger partial charge in [-0.3, -0.25) is 5.32 Å². The molecule has 2 rings (SSSR count). The normalized spacial score (nSPS) is 29.5. The van der Waals surface area contributed by atoms with E-state index in [0.717, 1.165) is 55.9 Å². The summed E-state index contributed by atoms with van der Waals surface area (Å²) >= 11 is 0. The second-order valence-corrected chi connectivity index (χ2v) is 9.55. The topological polar surface area (TPSA) is 32.3 Å². The molecule has 1 unspecified atom stereocenters. The van der Waals surface area contributed by atoms with Crippen LogP contribution in [0.15, 0.2) is 12.7 Å². The molecule has 0 aliphatic heterocycles. The summed E-state index contributed by atoms with van der Waals surface area (Å²) in [6, 6.07) is 0. The number of nitrogens with one attached hydrogen (secondary N) is 1. The highest BCUT2D eigenvalue weighted by molar-refractivity contribution is 4.83. The smallest absolute Gasteiger partial charge is 0.375 e. The van der Waals surface area contributed by atoms with Crippen LogP contribution in [0.4, 0.5) is 13.2 Å². The highest BCUT2D eigenvalue weighted by Gasteiger charge is 2.30. The van der Waals surface area contributed by atoms with Gasteiger partial charge in [0.2, 0.25) is 0 Å². The molecule has 0 bridgehead atoms. The summed E-state index contributed by atoms with van der Waals surface area (Å²) in [4.78, 5) is 0. The van der Waals surface area contributed by atoms with Crippen molar-refractivity contribution in [2.24, 2.45) is 23.7 Å². The van der Waals surface area contributed by atoms with E-state index in [4.69, 9.17) is 0 Å². The molecule has 2 saturated carbocycles. The van der Waals surface area contributed by atoms with Crippen LogP contribution in [0, 0.1) is 23.7 Å². The summed E-state index contributed by atoms with van der Waals surface area (Å²) in [7, 11) is 0. The van der Waals surface area contributed by atoms with Gasteiger partial charge in [0.15, 0.2) is 0 Å². The van der Waals surface area contributed by atoms with Gasteiger partial charge in [-0.1, -0.05) is 57.9 Å². The van der Waals surface area contributed by atoms with E-state index in [1.807, 2.05) is 0 Å². The quantitative estimate of drug-likeness (QED) is 0.204. The Labute approximate surface area is 175 Å². The molecule has 5 heteroatoms. The van der Waals surface area contributed by atoms with Crippen LogP contribution in [0.2, 0.25) is 0 Å². The number of alkyl halides is 3. The van der Waals surface area contributed by atoms with Crippen molar-refractivity contribution in [3.05, 3.63) is 12.7 Å². The van der Waals surface area contributed by atoms with Gasteiger partial charge in [-0.2, -0.15) is 13.2 Å². The summed E-state index contributed by atoms with van der Waals surface area (Å²) in [6.07, 6.45) is 12.6. The Kier molecular flexibility index (Phi) is 11.1. The maximum atomic E-state index is 12.1. The van der Waals surface area contributed by atoms with Gasteiger partial charge >= 0.3 is 6.18 Å². The van der Waals surface area contributed by atoms with Crippen molar-refractivity contribution in [2.75, 3.05) is 6.54 Å². The number of aliphatic hydroxyl groups excluding tert-OH is 1. The molecule has 2 N–H and O–H groups in total. The molecule has 0 amide bonds. The zero-order valence-corrected chi connectivity index (χ0v) is 18.1. The van der Waals surface area contributed by atoms with Crippen LogP contribution in [-0.4, -0.2) is 24.1 Å².